The number of H-pyrrole nitrogens is 1. The lowest BCUT2D eigenvalue weighted by Crippen LogP contribution is -2.10. The molecule has 0 radical (unpaired) electrons. The van der Waals surface area contributed by atoms with Gasteiger partial charge in [-0.2, -0.15) is 13.2 Å². The third-order valence-electron chi connectivity index (χ3n) is 2.91. The second-order valence-electron chi connectivity index (χ2n) is 4.53. The molecule has 1 N–H and O–H groups in total. The molecule has 3 aromatic rings. The number of rotatable bonds is 1. The van der Waals surface area contributed by atoms with Crippen LogP contribution in [-0.2, 0) is 6.18 Å². The Morgan fingerprint density at radius 3 is 2.50 bits per heavy atom. The fraction of sp³-hybridized carbons (Fsp3) is 0.154. The van der Waals surface area contributed by atoms with Gasteiger partial charge in [0, 0.05) is 10.6 Å². The summed E-state index contributed by atoms with van der Waals surface area (Å²) in [6, 6.07) is 4.62. The van der Waals surface area contributed by atoms with E-state index in [-0.39, 0.29) is 22.8 Å². The van der Waals surface area contributed by atoms with E-state index >= 15 is 0 Å². The molecule has 0 bridgehead atoms. The maximum Gasteiger partial charge on any atom is 0.435 e. The number of nitrogens with one attached hydrogen (secondary N) is 1. The Morgan fingerprint density at radius 2 is 1.82 bits per heavy atom. The van der Waals surface area contributed by atoms with Crippen LogP contribution in [0.2, 0.25) is 10.0 Å². The van der Waals surface area contributed by atoms with Gasteiger partial charge in [0.25, 0.3) is 0 Å². The van der Waals surface area contributed by atoms with Crippen LogP contribution >= 0.6 is 23.2 Å². The highest BCUT2D eigenvalue weighted by Crippen LogP contribution is 2.34. The van der Waals surface area contributed by atoms with E-state index in [4.69, 9.17) is 23.2 Å². The van der Waals surface area contributed by atoms with E-state index in [0.29, 0.717) is 15.6 Å². The molecule has 0 spiro atoms. The maximum absolute atomic E-state index is 13.1. The number of fused-ring (bicyclic) bond motifs is 1. The number of hydrogen-bond donors (Lipinski definition) is 1. The fourth-order valence-electron chi connectivity index (χ4n) is 2.02. The lowest BCUT2D eigenvalue weighted by molar-refractivity contribution is -0.140. The second-order valence-corrected chi connectivity index (χ2v) is 5.37. The van der Waals surface area contributed by atoms with Crippen molar-refractivity contribution in [3.8, 4) is 11.4 Å². The van der Waals surface area contributed by atoms with Crippen LogP contribution in [0.1, 0.15) is 11.5 Å². The second kappa shape index (κ2) is 5.10. The number of halogens is 5. The highest BCUT2D eigenvalue weighted by Gasteiger charge is 2.36. The monoisotopic (exact) mass is 346 g/mol. The van der Waals surface area contributed by atoms with Crippen molar-refractivity contribution < 1.29 is 13.2 Å². The Labute approximate surface area is 132 Å². The van der Waals surface area contributed by atoms with Crippen molar-refractivity contribution in [3.63, 3.8) is 0 Å². The molecule has 3 rings (SSSR count). The Morgan fingerprint density at radius 1 is 1.09 bits per heavy atom. The van der Waals surface area contributed by atoms with E-state index in [1.54, 1.807) is 6.07 Å². The molecule has 0 aliphatic rings. The third kappa shape index (κ3) is 2.62. The predicted molar refractivity (Wildman–Crippen MR) is 76.9 cm³/mol. The summed E-state index contributed by atoms with van der Waals surface area (Å²) < 4.78 is 39.2. The molecule has 0 fully saturated rings. The van der Waals surface area contributed by atoms with Gasteiger partial charge in [0.1, 0.15) is 17.2 Å². The average Bonchev–Trinajstić information content (AvgIpc) is 2.82. The summed E-state index contributed by atoms with van der Waals surface area (Å²) >= 11 is 11.9. The molecule has 0 saturated carbocycles. The van der Waals surface area contributed by atoms with E-state index < -0.39 is 11.9 Å². The van der Waals surface area contributed by atoms with Crippen molar-refractivity contribution in [2.24, 2.45) is 0 Å². The number of imidazole rings is 1. The normalized spacial score (nSPS) is 12.1. The number of aryl methyl sites for hydroxylation is 1. The number of aromatic nitrogens is 4. The third-order valence-corrected chi connectivity index (χ3v) is 3.48. The topological polar surface area (TPSA) is 54.5 Å². The van der Waals surface area contributed by atoms with E-state index in [1.165, 1.54) is 19.1 Å². The van der Waals surface area contributed by atoms with Crippen LogP contribution in [0.25, 0.3) is 22.6 Å². The van der Waals surface area contributed by atoms with Crippen molar-refractivity contribution in [1.29, 1.82) is 0 Å². The van der Waals surface area contributed by atoms with Gasteiger partial charge in [0.2, 0.25) is 0 Å². The number of aromatic amines is 1. The van der Waals surface area contributed by atoms with Crippen molar-refractivity contribution >= 4 is 34.4 Å². The first-order valence-corrected chi connectivity index (χ1v) is 6.78. The fourth-order valence-corrected chi connectivity index (χ4v) is 2.40. The molecule has 0 atom stereocenters. The zero-order chi connectivity index (χ0) is 16.1. The molecular formula is C13H7Cl2F3N4. The van der Waals surface area contributed by atoms with E-state index in [0.717, 1.165) is 0 Å². The molecule has 22 heavy (non-hydrogen) atoms. The van der Waals surface area contributed by atoms with Gasteiger partial charge in [-0.25, -0.2) is 15.0 Å². The highest BCUT2D eigenvalue weighted by atomic mass is 35.5. The Hall–Kier alpha value is -1.86. The van der Waals surface area contributed by atoms with Crippen LogP contribution in [0.15, 0.2) is 18.2 Å². The van der Waals surface area contributed by atoms with Crippen molar-refractivity contribution in [1.82, 2.24) is 19.9 Å². The van der Waals surface area contributed by atoms with Crippen LogP contribution in [0.3, 0.4) is 0 Å². The minimum atomic E-state index is -4.62. The lowest BCUT2D eigenvalue weighted by Gasteiger charge is -2.06. The summed E-state index contributed by atoms with van der Waals surface area (Å²) in [5.41, 5.74) is -1.04. The smallest absolute Gasteiger partial charge is 0.335 e. The lowest BCUT2D eigenvalue weighted by atomic mass is 10.2. The molecule has 114 valence electrons. The standard InChI is InChI=1S/C13H7Cl2F3N4/c1-5-19-10(13(16,17)18)9-12(20-5)22-11(21-9)7-4-6(14)2-3-8(7)15/h2-4H,1H3,(H,19,20,21,22). The predicted octanol–water partition coefficient (Wildman–Crippen LogP) is 4.65. The van der Waals surface area contributed by atoms with Gasteiger partial charge in [-0.05, 0) is 25.1 Å². The number of benzene rings is 1. The van der Waals surface area contributed by atoms with Gasteiger partial charge < -0.3 is 4.98 Å². The van der Waals surface area contributed by atoms with Crippen molar-refractivity contribution in [2.45, 2.75) is 13.1 Å². The largest absolute Gasteiger partial charge is 0.435 e. The molecule has 0 aliphatic heterocycles. The van der Waals surface area contributed by atoms with Gasteiger partial charge >= 0.3 is 6.18 Å². The molecule has 2 aromatic heterocycles. The van der Waals surface area contributed by atoms with Crippen LogP contribution in [0, 0.1) is 6.92 Å². The molecule has 2 heterocycles. The number of hydrogen-bond acceptors (Lipinski definition) is 3. The minimum Gasteiger partial charge on any atom is -0.335 e. The van der Waals surface area contributed by atoms with Gasteiger partial charge in [-0.3, -0.25) is 0 Å². The molecule has 4 nitrogen and oxygen atoms in total. The van der Waals surface area contributed by atoms with Crippen molar-refractivity contribution in [2.75, 3.05) is 0 Å². The van der Waals surface area contributed by atoms with Crippen LogP contribution in [0.4, 0.5) is 13.2 Å². The van der Waals surface area contributed by atoms with Crippen molar-refractivity contribution in [3.05, 3.63) is 39.8 Å². The molecule has 9 heteroatoms. The first-order chi connectivity index (χ1) is 10.3. The molecule has 0 aliphatic carbocycles. The van der Waals surface area contributed by atoms with Gasteiger partial charge in [0.05, 0.1) is 5.02 Å². The summed E-state index contributed by atoms with van der Waals surface area (Å²) in [6.07, 6.45) is -4.62. The highest BCUT2D eigenvalue weighted by molar-refractivity contribution is 6.35. The van der Waals surface area contributed by atoms with Gasteiger partial charge in [-0.1, -0.05) is 23.2 Å². The van der Waals surface area contributed by atoms with E-state index in [2.05, 4.69) is 19.9 Å². The van der Waals surface area contributed by atoms with Gasteiger partial charge in [0.15, 0.2) is 11.3 Å². The Bertz CT molecular complexity index is 874. The summed E-state index contributed by atoms with van der Waals surface area (Å²) in [5, 5.41) is 0.694. The average molecular weight is 347 g/mol. The minimum absolute atomic E-state index is 0.0185. The maximum atomic E-state index is 13.1. The van der Waals surface area contributed by atoms with Crippen LogP contribution in [0.5, 0.6) is 0 Å². The van der Waals surface area contributed by atoms with Crippen LogP contribution < -0.4 is 0 Å². The first kappa shape index (κ1) is 15.1. The number of alkyl halides is 3. The van der Waals surface area contributed by atoms with E-state index in [1.807, 2.05) is 0 Å². The molecule has 0 unspecified atom stereocenters. The Balaban J connectivity index is 2.28. The van der Waals surface area contributed by atoms with Crippen LogP contribution in [-0.4, -0.2) is 19.9 Å². The summed E-state index contributed by atoms with van der Waals surface area (Å²) in [6.45, 7) is 1.37. The summed E-state index contributed by atoms with van der Waals surface area (Å²) in [7, 11) is 0. The zero-order valence-electron chi connectivity index (χ0n) is 11.0. The SMILES string of the molecule is Cc1nc(C(F)(F)F)c2[nH]c(-c3cc(Cl)ccc3Cl)nc2n1. The molecule has 0 amide bonds. The molecule has 0 saturated heterocycles. The molecular weight excluding hydrogens is 340 g/mol. The Kier molecular flexibility index (Phi) is 3.49. The number of nitrogens with zero attached hydrogens (tertiary/aromatic N) is 3. The zero-order valence-corrected chi connectivity index (χ0v) is 12.5. The summed E-state index contributed by atoms with van der Waals surface area (Å²) in [5.74, 6) is 0.128. The summed E-state index contributed by atoms with van der Waals surface area (Å²) in [4.78, 5) is 14.0. The molecule has 1 aromatic carbocycles. The first-order valence-electron chi connectivity index (χ1n) is 6.02. The van der Waals surface area contributed by atoms with E-state index in [9.17, 15) is 13.2 Å². The quantitative estimate of drug-likeness (QED) is 0.697. The van der Waals surface area contributed by atoms with Gasteiger partial charge in [-0.15, -0.1) is 0 Å².